The van der Waals surface area contributed by atoms with Crippen LogP contribution in [0.2, 0.25) is 0 Å². The SMILES string of the molecule is COc1ccccc1/C=C/C(=O)OCC(=O)Nc1ccccc1C(=O)NC(C)c1ccccc1. The zero-order chi connectivity index (χ0) is 24.3. The minimum absolute atomic E-state index is 0.214. The Balaban J connectivity index is 1.56. The van der Waals surface area contributed by atoms with Gasteiger partial charge in [-0.15, -0.1) is 0 Å². The Morgan fingerprint density at radius 2 is 1.59 bits per heavy atom. The largest absolute Gasteiger partial charge is 0.496 e. The van der Waals surface area contributed by atoms with E-state index in [9.17, 15) is 14.4 Å². The number of methoxy groups -OCH3 is 1. The number of hydrogen-bond acceptors (Lipinski definition) is 5. The van der Waals surface area contributed by atoms with E-state index >= 15 is 0 Å². The highest BCUT2D eigenvalue weighted by atomic mass is 16.5. The molecule has 0 heterocycles. The van der Waals surface area contributed by atoms with Crippen LogP contribution < -0.4 is 15.4 Å². The van der Waals surface area contributed by atoms with Crippen molar-refractivity contribution in [3.05, 3.63) is 102 Å². The number of carbonyl (C=O) groups is 3. The molecule has 0 aromatic heterocycles. The van der Waals surface area contributed by atoms with Gasteiger partial charge in [-0.05, 0) is 36.8 Å². The number of hydrogen-bond donors (Lipinski definition) is 2. The Bertz CT molecular complexity index is 1170. The quantitative estimate of drug-likeness (QED) is 0.367. The first-order valence-electron chi connectivity index (χ1n) is 10.7. The van der Waals surface area contributed by atoms with E-state index in [4.69, 9.17) is 9.47 Å². The molecule has 3 rings (SSSR count). The highest BCUT2D eigenvalue weighted by Crippen LogP contribution is 2.19. The molecule has 0 aliphatic carbocycles. The number of benzene rings is 3. The summed E-state index contributed by atoms with van der Waals surface area (Å²) in [6.07, 6.45) is 2.77. The van der Waals surface area contributed by atoms with Gasteiger partial charge in [0.25, 0.3) is 11.8 Å². The number of anilines is 1. The Morgan fingerprint density at radius 3 is 2.35 bits per heavy atom. The maximum absolute atomic E-state index is 12.8. The normalized spacial score (nSPS) is 11.5. The van der Waals surface area contributed by atoms with Crippen molar-refractivity contribution in [2.75, 3.05) is 19.0 Å². The van der Waals surface area contributed by atoms with Crippen LogP contribution in [0.5, 0.6) is 5.75 Å². The van der Waals surface area contributed by atoms with E-state index in [-0.39, 0.29) is 11.9 Å². The second-order valence-electron chi connectivity index (χ2n) is 7.38. The summed E-state index contributed by atoms with van der Waals surface area (Å²) >= 11 is 0. The predicted octanol–water partition coefficient (Wildman–Crippen LogP) is 4.38. The van der Waals surface area contributed by atoms with Crippen molar-refractivity contribution < 1.29 is 23.9 Å². The van der Waals surface area contributed by atoms with Crippen molar-refractivity contribution in [1.29, 1.82) is 0 Å². The van der Waals surface area contributed by atoms with E-state index < -0.39 is 18.5 Å². The molecule has 0 saturated heterocycles. The van der Waals surface area contributed by atoms with E-state index in [1.807, 2.05) is 49.4 Å². The number of ether oxygens (including phenoxy) is 2. The van der Waals surface area contributed by atoms with Gasteiger partial charge in [0.2, 0.25) is 0 Å². The molecule has 1 atom stereocenters. The Labute approximate surface area is 198 Å². The number of carbonyl (C=O) groups excluding carboxylic acids is 3. The van der Waals surface area contributed by atoms with Gasteiger partial charge in [-0.3, -0.25) is 9.59 Å². The van der Waals surface area contributed by atoms with Crippen molar-refractivity contribution in [2.45, 2.75) is 13.0 Å². The molecule has 7 heteroatoms. The van der Waals surface area contributed by atoms with Crippen LogP contribution in [0.15, 0.2) is 84.9 Å². The molecule has 0 spiro atoms. The summed E-state index contributed by atoms with van der Waals surface area (Å²) in [6, 6.07) is 23.2. The fraction of sp³-hybridized carbons (Fsp3) is 0.148. The minimum Gasteiger partial charge on any atom is -0.496 e. The second-order valence-corrected chi connectivity index (χ2v) is 7.38. The number of para-hydroxylation sites is 2. The molecule has 0 aliphatic rings. The monoisotopic (exact) mass is 458 g/mol. The Hall–Kier alpha value is -4.39. The average molecular weight is 459 g/mol. The van der Waals surface area contributed by atoms with E-state index in [0.29, 0.717) is 22.6 Å². The Morgan fingerprint density at radius 1 is 0.912 bits per heavy atom. The van der Waals surface area contributed by atoms with Crippen LogP contribution in [0.3, 0.4) is 0 Å². The summed E-state index contributed by atoms with van der Waals surface area (Å²) in [6.45, 7) is 1.39. The van der Waals surface area contributed by atoms with Crippen molar-refractivity contribution in [3.8, 4) is 5.75 Å². The van der Waals surface area contributed by atoms with Crippen molar-refractivity contribution in [2.24, 2.45) is 0 Å². The van der Waals surface area contributed by atoms with Crippen LogP contribution in [0.4, 0.5) is 5.69 Å². The summed E-state index contributed by atoms with van der Waals surface area (Å²) < 4.78 is 10.2. The molecular weight excluding hydrogens is 432 g/mol. The molecule has 174 valence electrons. The van der Waals surface area contributed by atoms with Crippen LogP contribution in [-0.2, 0) is 14.3 Å². The van der Waals surface area contributed by atoms with Crippen molar-refractivity contribution in [3.63, 3.8) is 0 Å². The lowest BCUT2D eigenvalue weighted by Crippen LogP contribution is -2.28. The van der Waals surface area contributed by atoms with Crippen LogP contribution in [-0.4, -0.2) is 31.5 Å². The Kier molecular flexibility index (Phi) is 8.57. The van der Waals surface area contributed by atoms with Crippen LogP contribution in [0, 0.1) is 0 Å². The minimum atomic E-state index is -0.677. The first-order chi connectivity index (χ1) is 16.5. The third kappa shape index (κ3) is 6.80. The average Bonchev–Trinajstić information content (AvgIpc) is 2.87. The van der Waals surface area contributed by atoms with Gasteiger partial charge in [-0.1, -0.05) is 60.7 Å². The van der Waals surface area contributed by atoms with Gasteiger partial charge in [0.1, 0.15) is 5.75 Å². The van der Waals surface area contributed by atoms with Crippen LogP contribution >= 0.6 is 0 Å². The fourth-order valence-electron chi connectivity index (χ4n) is 3.22. The van der Waals surface area contributed by atoms with E-state index in [1.54, 1.807) is 42.5 Å². The lowest BCUT2D eigenvalue weighted by atomic mass is 10.1. The lowest BCUT2D eigenvalue weighted by molar-refractivity contribution is -0.142. The molecule has 7 nitrogen and oxygen atoms in total. The maximum atomic E-state index is 12.8. The molecule has 0 bridgehead atoms. The summed E-state index contributed by atoms with van der Waals surface area (Å²) in [4.78, 5) is 37.2. The number of esters is 1. The van der Waals surface area contributed by atoms with E-state index in [0.717, 1.165) is 5.56 Å². The first kappa shape index (κ1) is 24.3. The van der Waals surface area contributed by atoms with Gasteiger partial charge < -0.3 is 20.1 Å². The molecular formula is C27H26N2O5. The summed E-state index contributed by atoms with van der Waals surface area (Å²) in [5, 5.41) is 5.55. The molecule has 2 N–H and O–H groups in total. The van der Waals surface area contributed by atoms with E-state index in [1.165, 1.54) is 13.2 Å². The lowest BCUT2D eigenvalue weighted by Gasteiger charge is -2.16. The molecule has 0 radical (unpaired) electrons. The predicted molar refractivity (Wildman–Crippen MR) is 130 cm³/mol. The summed E-state index contributed by atoms with van der Waals surface area (Å²) in [5.74, 6) is -0.955. The summed E-state index contributed by atoms with van der Waals surface area (Å²) in [5.41, 5.74) is 2.30. The molecule has 3 aromatic rings. The molecule has 34 heavy (non-hydrogen) atoms. The molecule has 3 aromatic carbocycles. The third-order valence-corrected chi connectivity index (χ3v) is 4.98. The fourth-order valence-corrected chi connectivity index (χ4v) is 3.22. The molecule has 2 amide bonds. The van der Waals surface area contributed by atoms with Gasteiger partial charge in [0, 0.05) is 11.6 Å². The van der Waals surface area contributed by atoms with Crippen LogP contribution in [0.1, 0.15) is 34.5 Å². The van der Waals surface area contributed by atoms with Gasteiger partial charge in [-0.2, -0.15) is 0 Å². The highest BCUT2D eigenvalue weighted by molar-refractivity contribution is 6.04. The van der Waals surface area contributed by atoms with E-state index in [2.05, 4.69) is 10.6 Å². The van der Waals surface area contributed by atoms with Gasteiger partial charge in [0.15, 0.2) is 6.61 Å². The third-order valence-electron chi connectivity index (χ3n) is 4.98. The summed E-state index contributed by atoms with van der Waals surface area (Å²) in [7, 11) is 1.54. The zero-order valence-electron chi connectivity index (χ0n) is 19.0. The first-order valence-corrected chi connectivity index (χ1v) is 10.7. The van der Waals surface area contributed by atoms with Crippen molar-refractivity contribution in [1.82, 2.24) is 5.32 Å². The molecule has 0 saturated carbocycles. The molecule has 1 unspecified atom stereocenters. The zero-order valence-corrected chi connectivity index (χ0v) is 19.0. The number of amides is 2. The van der Waals surface area contributed by atoms with Crippen LogP contribution in [0.25, 0.3) is 6.08 Å². The second kappa shape index (κ2) is 12.0. The van der Waals surface area contributed by atoms with Gasteiger partial charge in [-0.25, -0.2) is 4.79 Å². The topological polar surface area (TPSA) is 93.7 Å². The maximum Gasteiger partial charge on any atom is 0.331 e. The smallest absolute Gasteiger partial charge is 0.331 e. The number of rotatable bonds is 9. The highest BCUT2D eigenvalue weighted by Gasteiger charge is 2.16. The van der Waals surface area contributed by atoms with Gasteiger partial charge >= 0.3 is 5.97 Å². The molecule has 0 fully saturated rings. The molecule has 0 aliphatic heterocycles. The standard InChI is InChI=1S/C27H26N2O5/c1-19(20-10-4-3-5-11-20)28-27(32)22-13-7-8-14-23(22)29-25(30)18-34-26(31)17-16-21-12-6-9-15-24(21)33-2/h3-17,19H,18H2,1-2H3,(H,28,32)(H,29,30)/b17-16+. The van der Waals surface area contributed by atoms with Crippen molar-refractivity contribution >= 4 is 29.5 Å². The van der Waals surface area contributed by atoms with Gasteiger partial charge in [0.05, 0.1) is 24.4 Å². The number of nitrogens with one attached hydrogen (secondary N) is 2.